The van der Waals surface area contributed by atoms with E-state index in [4.69, 9.17) is 10.5 Å². The highest BCUT2D eigenvalue weighted by Gasteiger charge is 2.28. The second kappa shape index (κ2) is 4.74. The number of hydrogen-bond acceptors (Lipinski definition) is 4. The summed E-state index contributed by atoms with van der Waals surface area (Å²) in [5.74, 6) is 1.76. The number of aromatic nitrogens is 3. The van der Waals surface area contributed by atoms with Gasteiger partial charge in [-0.05, 0) is 40.0 Å². The molecule has 1 unspecified atom stereocenters. The first-order chi connectivity index (χ1) is 8.04. The van der Waals surface area contributed by atoms with E-state index >= 15 is 0 Å². The minimum atomic E-state index is -0.0612. The Labute approximate surface area is 102 Å². The van der Waals surface area contributed by atoms with Crippen molar-refractivity contribution >= 4 is 0 Å². The Morgan fingerprint density at radius 1 is 1.35 bits per heavy atom. The maximum absolute atomic E-state index is 5.79. The molecular formula is C12H22N4O. The molecule has 1 aliphatic rings. The molecule has 2 N–H and O–H groups in total. The molecule has 1 aromatic heterocycles. The molecular weight excluding hydrogens is 216 g/mol. The van der Waals surface area contributed by atoms with Crippen molar-refractivity contribution in [2.45, 2.75) is 58.2 Å². The van der Waals surface area contributed by atoms with Gasteiger partial charge >= 0.3 is 0 Å². The van der Waals surface area contributed by atoms with E-state index in [1.165, 1.54) is 6.42 Å². The Kier molecular flexibility index (Phi) is 3.49. The van der Waals surface area contributed by atoms with Crippen LogP contribution in [-0.4, -0.2) is 21.4 Å². The molecule has 0 bridgehead atoms. The number of hydrogen-bond donors (Lipinski definition) is 1. The molecule has 2 rings (SSSR count). The molecule has 0 aromatic carbocycles. The molecule has 0 radical (unpaired) electrons. The molecule has 2 heterocycles. The van der Waals surface area contributed by atoms with Crippen LogP contribution in [0.4, 0.5) is 0 Å². The summed E-state index contributed by atoms with van der Waals surface area (Å²) in [5.41, 5.74) is 5.66. The molecule has 1 aromatic rings. The molecule has 96 valence electrons. The normalized spacial score (nSPS) is 21.8. The highest BCUT2D eigenvalue weighted by Crippen LogP contribution is 2.30. The Morgan fingerprint density at radius 3 is 2.65 bits per heavy atom. The summed E-state index contributed by atoms with van der Waals surface area (Å²) in [5, 5.41) is 8.47. The Bertz CT molecular complexity index is 374. The van der Waals surface area contributed by atoms with Crippen molar-refractivity contribution in [3.05, 3.63) is 11.6 Å². The molecule has 1 saturated heterocycles. The molecule has 0 spiro atoms. The molecule has 1 aliphatic heterocycles. The minimum Gasteiger partial charge on any atom is -0.370 e. The molecule has 1 atom stereocenters. The number of nitrogens with two attached hydrogens (primary N) is 1. The monoisotopic (exact) mass is 238 g/mol. The average molecular weight is 238 g/mol. The number of ether oxygens (including phenoxy) is 1. The fraction of sp³-hybridized carbons (Fsp3) is 0.833. The third-order valence-electron chi connectivity index (χ3n) is 3.08. The quantitative estimate of drug-likeness (QED) is 0.852. The first kappa shape index (κ1) is 12.5. The zero-order chi connectivity index (χ0) is 12.5. The molecule has 0 amide bonds. The van der Waals surface area contributed by atoms with Gasteiger partial charge in [0, 0.05) is 12.1 Å². The Hall–Kier alpha value is -0.940. The van der Waals surface area contributed by atoms with Gasteiger partial charge in [0.1, 0.15) is 11.9 Å². The second-order valence-electron chi connectivity index (χ2n) is 5.54. The van der Waals surface area contributed by atoms with Gasteiger partial charge in [-0.25, -0.2) is 0 Å². The average Bonchev–Trinajstić information content (AvgIpc) is 2.73. The van der Waals surface area contributed by atoms with Crippen LogP contribution < -0.4 is 5.73 Å². The Morgan fingerprint density at radius 2 is 2.12 bits per heavy atom. The van der Waals surface area contributed by atoms with Crippen LogP contribution in [0.5, 0.6) is 0 Å². The lowest BCUT2D eigenvalue weighted by Gasteiger charge is -2.29. The van der Waals surface area contributed by atoms with E-state index in [9.17, 15) is 0 Å². The molecule has 17 heavy (non-hydrogen) atoms. The van der Waals surface area contributed by atoms with Crippen molar-refractivity contribution in [1.82, 2.24) is 14.8 Å². The lowest BCUT2D eigenvalue weighted by atomic mass is 10.0. The third kappa shape index (κ3) is 2.50. The van der Waals surface area contributed by atoms with Crippen LogP contribution in [0, 0.1) is 0 Å². The highest BCUT2D eigenvalue weighted by atomic mass is 16.5. The summed E-state index contributed by atoms with van der Waals surface area (Å²) >= 11 is 0. The molecule has 0 aliphatic carbocycles. The van der Waals surface area contributed by atoms with Crippen LogP contribution in [-0.2, 0) is 16.8 Å². The van der Waals surface area contributed by atoms with Gasteiger partial charge in [0.15, 0.2) is 5.82 Å². The summed E-state index contributed by atoms with van der Waals surface area (Å²) in [4.78, 5) is 0. The van der Waals surface area contributed by atoms with Crippen LogP contribution >= 0.6 is 0 Å². The van der Waals surface area contributed by atoms with Crippen LogP contribution in [0.1, 0.15) is 57.8 Å². The largest absolute Gasteiger partial charge is 0.370 e. The number of rotatable bonds is 2. The molecule has 0 saturated carbocycles. The van der Waals surface area contributed by atoms with Gasteiger partial charge < -0.3 is 15.0 Å². The maximum atomic E-state index is 5.79. The Balaban J connectivity index is 2.36. The summed E-state index contributed by atoms with van der Waals surface area (Å²) in [6.45, 7) is 7.65. The summed E-state index contributed by atoms with van der Waals surface area (Å²) in [7, 11) is 0. The standard InChI is InChI=1S/C12H22N4O/c1-12(2,3)16-10(8-13)14-15-11(16)9-6-4-5-7-17-9/h9H,4-8,13H2,1-3H3. The van der Waals surface area contributed by atoms with Crippen molar-refractivity contribution < 1.29 is 4.74 Å². The fourth-order valence-corrected chi connectivity index (χ4v) is 2.35. The van der Waals surface area contributed by atoms with E-state index in [0.29, 0.717) is 6.54 Å². The maximum Gasteiger partial charge on any atom is 0.162 e. The van der Waals surface area contributed by atoms with Gasteiger partial charge in [0.2, 0.25) is 0 Å². The van der Waals surface area contributed by atoms with Crippen LogP contribution in [0.15, 0.2) is 0 Å². The van der Waals surface area contributed by atoms with Gasteiger partial charge in [-0.1, -0.05) is 0 Å². The SMILES string of the molecule is CC(C)(C)n1c(CN)nnc1C1CCCCO1. The summed E-state index contributed by atoms with van der Waals surface area (Å²) in [6, 6.07) is 0. The van der Waals surface area contributed by atoms with Gasteiger partial charge in [0.25, 0.3) is 0 Å². The van der Waals surface area contributed by atoms with Crippen molar-refractivity contribution in [3.63, 3.8) is 0 Å². The van der Waals surface area contributed by atoms with Crippen LogP contribution in [0.2, 0.25) is 0 Å². The predicted molar refractivity (Wildman–Crippen MR) is 65.5 cm³/mol. The smallest absolute Gasteiger partial charge is 0.162 e. The van der Waals surface area contributed by atoms with Crippen LogP contribution in [0.3, 0.4) is 0 Å². The van der Waals surface area contributed by atoms with Crippen molar-refractivity contribution in [2.75, 3.05) is 6.61 Å². The number of nitrogens with zero attached hydrogens (tertiary/aromatic N) is 3. The molecule has 1 fully saturated rings. The fourth-order valence-electron chi connectivity index (χ4n) is 2.35. The lowest BCUT2D eigenvalue weighted by Crippen LogP contribution is -2.29. The predicted octanol–water partition coefficient (Wildman–Crippen LogP) is 1.73. The van der Waals surface area contributed by atoms with E-state index in [1.807, 2.05) is 0 Å². The zero-order valence-corrected chi connectivity index (χ0v) is 10.9. The summed E-state index contributed by atoms with van der Waals surface area (Å²) in [6.07, 6.45) is 3.44. The lowest BCUT2D eigenvalue weighted by molar-refractivity contribution is 0.00489. The highest BCUT2D eigenvalue weighted by molar-refractivity contribution is 5.04. The molecule has 5 heteroatoms. The van der Waals surface area contributed by atoms with E-state index in [0.717, 1.165) is 31.1 Å². The van der Waals surface area contributed by atoms with Gasteiger partial charge in [-0.15, -0.1) is 10.2 Å². The van der Waals surface area contributed by atoms with E-state index in [-0.39, 0.29) is 11.6 Å². The molecule has 5 nitrogen and oxygen atoms in total. The second-order valence-corrected chi connectivity index (χ2v) is 5.54. The van der Waals surface area contributed by atoms with Crippen LogP contribution in [0.25, 0.3) is 0 Å². The summed E-state index contributed by atoms with van der Waals surface area (Å²) < 4.78 is 7.92. The first-order valence-corrected chi connectivity index (χ1v) is 6.30. The third-order valence-corrected chi connectivity index (χ3v) is 3.08. The first-order valence-electron chi connectivity index (χ1n) is 6.30. The van der Waals surface area contributed by atoms with Crippen molar-refractivity contribution in [3.8, 4) is 0 Å². The topological polar surface area (TPSA) is 66.0 Å². The van der Waals surface area contributed by atoms with Gasteiger partial charge in [0.05, 0.1) is 6.54 Å². The van der Waals surface area contributed by atoms with E-state index in [1.54, 1.807) is 0 Å². The van der Waals surface area contributed by atoms with Gasteiger partial charge in [-0.2, -0.15) is 0 Å². The minimum absolute atomic E-state index is 0.0612. The van der Waals surface area contributed by atoms with Crippen molar-refractivity contribution in [1.29, 1.82) is 0 Å². The van der Waals surface area contributed by atoms with E-state index in [2.05, 4.69) is 35.5 Å². The van der Waals surface area contributed by atoms with Crippen molar-refractivity contribution in [2.24, 2.45) is 5.73 Å². The zero-order valence-electron chi connectivity index (χ0n) is 10.9. The van der Waals surface area contributed by atoms with E-state index < -0.39 is 0 Å². The van der Waals surface area contributed by atoms with Gasteiger partial charge in [-0.3, -0.25) is 0 Å².